The quantitative estimate of drug-likeness (QED) is 0.486. The number of urea groups is 1. The van der Waals surface area contributed by atoms with Gasteiger partial charge in [0.1, 0.15) is 12.1 Å². The maximum absolute atomic E-state index is 12.7. The molecule has 27 heavy (non-hydrogen) atoms. The molecule has 1 aromatic carbocycles. The summed E-state index contributed by atoms with van der Waals surface area (Å²) >= 11 is 5.95. The highest BCUT2D eigenvalue weighted by Crippen LogP contribution is 2.25. The van der Waals surface area contributed by atoms with Gasteiger partial charge in [-0.3, -0.25) is 14.5 Å². The number of nitrogens with one attached hydrogen (secondary N) is 2. The average Bonchev–Trinajstić information content (AvgIpc) is 2.81. The van der Waals surface area contributed by atoms with Crippen molar-refractivity contribution in [2.45, 2.75) is 64.8 Å². The second-order valence-corrected chi connectivity index (χ2v) is 7.76. The molecule has 0 aliphatic carbocycles. The number of carbonyl (C=O) groups is 3. The van der Waals surface area contributed by atoms with Crippen molar-refractivity contribution in [1.82, 2.24) is 10.2 Å². The summed E-state index contributed by atoms with van der Waals surface area (Å²) in [6, 6.07) is 4.65. The van der Waals surface area contributed by atoms with Crippen LogP contribution in [0.5, 0.6) is 0 Å². The molecule has 148 valence electrons. The van der Waals surface area contributed by atoms with Gasteiger partial charge in [-0.1, -0.05) is 56.7 Å². The molecule has 2 rings (SSSR count). The number of hydrogen-bond donors (Lipinski definition) is 2. The summed E-state index contributed by atoms with van der Waals surface area (Å²) in [7, 11) is 0. The molecule has 1 saturated heterocycles. The zero-order valence-electron chi connectivity index (χ0n) is 16.2. The molecule has 1 heterocycles. The summed E-state index contributed by atoms with van der Waals surface area (Å²) in [4.78, 5) is 38.3. The van der Waals surface area contributed by atoms with E-state index < -0.39 is 17.5 Å². The monoisotopic (exact) mass is 393 g/mol. The largest absolute Gasteiger partial charge is 0.325 e. The fourth-order valence-electron chi connectivity index (χ4n) is 3.20. The zero-order valence-corrected chi connectivity index (χ0v) is 17.0. The third kappa shape index (κ3) is 5.45. The summed E-state index contributed by atoms with van der Waals surface area (Å²) in [5.74, 6) is -0.781. The summed E-state index contributed by atoms with van der Waals surface area (Å²) in [6.45, 7) is 5.40. The molecule has 4 amide bonds. The first-order chi connectivity index (χ1) is 12.8. The molecule has 0 saturated carbocycles. The van der Waals surface area contributed by atoms with E-state index in [9.17, 15) is 14.4 Å². The van der Waals surface area contributed by atoms with E-state index in [1.54, 1.807) is 25.1 Å². The van der Waals surface area contributed by atoms with Crippen molar-refractivity contribution < 1.29 is 14.4 Å². The van der Waals surface area contributed by atoms with Gasteiger partial charge in [0.25, 0.3) is 5.91 Å². The average molecular weight is 394 g/mol. The van der Waals surface area contributed by atoms with Gasteiger partial charge in [0.15, 0.2) is 0 Å². The Bertz CT molecular complexity index is 722. The van der Waals surface area contributed by atoms with Gasteiger partial charge in [-0.25, -0.2) is 4.79 Å². The Hall–Kier alpha value is -2.08. The van der Waals surface area contributed by atoms with Gasteiger partial charge in [-0.2, -0.15) is 0 Å². The number of aryl methyl sites for hydroxylation is 1. The minimum Gasteiger partial charge on any atom is -0.324 e. The van der Waals surface area contributed by atoms with Crippen LogP contribution in [0.4, 0.5) is 10.5 Å². The molecule has 1 aliphatic rings. The van der Waals surface area contributed by atoms with Gasteiger partial charge >= 0.3 is 6.03 Å². The van der Waals surface area contributed by atoms with Crippen molar-refractivity contribution in [3.05, 3.63) is 28.8 Å². The summed E-state index contributed by atoms with van der Waals surface area (Å²) in [5.41, 5.74) is 0.482. The molecular formula is C20H28ClN3O3. The molecule has 0 aromatic heterocycles. The van der Waals surface area contributed by atoms with Crippen LogP contribution in [-0.2, 0) is 9.59 Å². The van der Waals surface area contributed by atoms with Crippen LogP contribution in [0.15, 0.2) is 18.2 Å². The normalized spacial score (nSPS) is 19.3. The van der Waals surface area contributed by atoms with Crippen molar-refractivity contribution >= 4 is 35.1 Å². The molecule has 1 fully saturated rings. The number of benzene rings is 1. The Kier molecular flexibility index (Phi) is 7.25. The van der Waals surface area contributed by atoms with E-state index in [1.165, 1.54) is 6.42 Å². The summed E-state index contributed by atoms with van der Waals surface area (Å²) < 4.78 is 0. The minimum atomic E-state index is -0.935. The molecule has 6 nitrogen and oxygen atoms in total. The molecule has 1 aromatic rings. The number of nitrogens with zero attached hydrogens (tertiary/aromatic N) is 1. The molecule has 2 N–H and O–H groups in total. The van der Waals surface area contributed by atoms with Crippen LogP contribution in [0.2, 0.25) is 5.02 Å². The number of rotatable bonds is 9. The second-order valence-electron chi connectivity index (χ2n) is 7.33. The number of carbonyl (C=O) groups excluding carboxylic acids is 3. The van der Waals surface area contributed by atoms with Gasteiger partial charge in [-0.15, -0.1) is 0 Å². The molecule has 0 bridgehead atoms. The number of imide groups is 1. The first-order valence-corrected chi connectivity index (χ1v) is 9.85. The fraction of sp³-hybridized carbons (Fsp3) is 0.550. The van der Waals surface area contributed by atoms with Gasteiger partial charge in [0.2, 0.25) is 5.91 Å². The summed E-state index contributed by atoms with van der Waals surface area (Å²) in [6.07, 6.45) is 5.92. The van der Waals surface area contributed by atoms with E-state index in [2.05, 4.69) is 17.6 Å². The Morgan fingerprint density at radius 3 is 2.63 bits per heavy atom. The number of anilines is 1. The predicted octanol–water partition coefficient (Wildman–Crippen LogP) is 4.26. The molecule has 7 heteroatoms. The number of halogens is 1. The third-order valence-electron chi connectivity index (χ3n) is 4.90. The minimum absolute atomic E-state index is 0.317. The number of unbranched alkanes of at least 4 members (excludes halogenated alkanes) is 4. The lowest BCUT2D eigenvalue weighted by molar-refractivity contribution is -0.133. The van der Waals surface area contributed by atoms with Crippen LogP contribution in [0.3, 0.4) is 0 Å². The van der Waals surface area contributed by atoms with E-state index in [1.807, 2.05) is 6.92 Å². The standard InChI is InChI=1S/C20H28ClN3O3/c1-4-5-6-7-8-11-20(3)18(26)24(19(27)23-20)13-17(25)22-16-12-15(21)10-9-14(16)2/h9-10,12H,4-8,11,13H2,1-3H3,(H,22,25)(H,23,27)/t20-/m1/s1. The molecule has 1 atom stereocenters. The van der Waals surface area contributed by atoms with Crippen molar-refractivity contribution in [1.29, 1.82) is 0 Å². The maximum atomic E-state index is 12.7. The Morgan fingerprint density at radius 2 is 1.93 bits per heavy atom. The van der Waals surface area contributed by atoms with E-state index in [0.29, 0.717) is 17.1 Å². The highest BCUT2D eigenvalue weighted by molar-refractivity contribution is 6.31. The van der Waals surface area contributed by atoms with Gasteiger partial charge in [0.05, 0.1) is 0 Å². The lowest BCUT2D eigenvalue weighted by atomic mass is 9.94. The Balaban J connectivity index is 1.94. The van der Waals surface area contributed by atoms with Gasteiger partial charge in [-0.05, 0) is 38.0 Å². The predicted molar refractivity (Wildman–Crippen MR) is 107 cm³/mol. The number of hydrogen-bond acceptors (Lipinski definition) is 3. The number of amides is 4. The van der Waals surface area contributed by atoms with Crippen LogP contribution < -0.4 is 10.6 Å². The molecule has 0 unspecified atom stereocenters. The summed E-state index contributed by atoms with van der Waals surface area (Å²) in [5, 5.41) is 5.96. The molecular weight excluding hydrogens is 366 g/mol. The molecule has 1 aliphatic heterocycles. The van der Waals surface area contributed by atoms with Crippen LogP contribution in [0.25, 0.3) is 0 Å². The van der Waals surface area contributed by atoms with E-state index in [-0.39, 0.29) is 12.5 Å². The SMILES string of the molecule is CCCCCCC[C@@]1(C)NC(=O)N(CC(=O)Nc2cc(Cl)ccc2C)C1=O. The van der Waals surface area contributed by atoms with E-state index in [4.69, 9.17) is 11.6 Å². The van der Waals surface area contributed by atoms with Crippen molar-refractivity contribution in [2.75, 3.05) is 11.9 Å². The highest BCUT2D eigenvalue weighted by atomic mass is 35.5. The highest BCUT2D eigenvalue weighted by Gasteiger charge is 2.47. The van der Waals surface area contributed by atoms with E-state index >= 15 is 0 Å². The Labute approximate surface area is 165 Å². The topological polar surface area (TPSA) is 78.5 Å². The van der Waals surface area contributed by atoms with Crippen LogP contribution in [-0.4, -0.2) is 34.8 Å². The first kappa shape index (κ1) is 21.2. The lowest BCUT2D eigenvalue weighted by Crippen LogP contribution is -2.44. The Morgan fingerprint density at radius 1 is 1.22 bits per heavy atom. The third-order valence-corrected chi connectivity index (χ3v) is 5.14. The van der Waals surface area contributed by atoms with Crippen LogP contribution in [0, 0.1) is 6.92 Å². The second kappa shape index (κ2) is 9.22. The smallest absolute Gasteiger partial charge is 0.324 e. The van der Waals surface area contributed by atoms with Crippen LogP contribution >= 0.6 is 11.6 Å². The van der Waals surface area contributed by atoms with Crippen molar-refractivity contribution in [2.24, 2.45) is 0 Å². The molecule has 0 spiro atoms. The van der Waals surface area contributed by atoms with Gasteiger partial charge in [0, 0.05) is 10.7 Å². The van der Waals surface area contributed by atoms with Crippen molar-refractivity contribution in [3.8, 4) is 0 Å². The first-order valence-electron chi connectivity index (χ1n) is 9.47. The van der Waals surface area contributed by atoms with Gasteiger partial charge < -0.3 is 10.6 Å². The zero-order chi connectivity index (χ0) is 20.0. The fourth-order valence-corrected chi connectivity index (χ4v) is 3.38. The molecule has 0 radical (unpaired) electrons. The van der Waals surface area contributed by atoms with E-state index in [0.717, 1.165) is 36.1 Å². The lowest BCUT2D eigenvalue weighted by Gasteiger charge is -2.21. The van der Waals surface area contributed by atoms with Crippen LogP contribution in [0.1, 0.15) is 57.9 Å². The maximum Gasteiger partial charge on any atom is 0.325 e. The van der Waals surface area contributed by atoms with Crippen molar-refractivity contribution in [3.63, 3.8) is 0 Å².